The highest BCUT2D eigenvalue weighted by Crippen LogP contribution is 2.21. The Morgan fingerprint density at radius 3 is 2.39 bits per heavy atom. The third kappa shape index (κ3) is 4.15. The molecule has 0 spiro atoms. The van der Waals surface area contributed by atoms with Crippen molar-refractivity contribution in [1.82, 2.24) is 9.47 Å². The number of aromatic nitrogens is 1. The molecule has 0 radical (unpaired) electrons. The smallest absolute Gasteiger partial charge is 0.254 e. The molecule has 0 atom stereocenters. The van der Waals surface area contributed by atoms with Crippen LogP contribution < -0.4 is 10.3 Å². The fraction of sp³-hybridized carbons (Fsp3) is 0.667. The molecule has 1 aromatic rings. The van der Waals surface area contributed by atoms with Gasteiger partial charge in [-0.25, -0.2) is 0 Å². The van der Waals surface area contributed by atoms with E-state index in [4.69, 9.17) is 4.74 Å². The first kappa shape index (κ1) is 17.6. The number of hydrogen-bond donors (Lipinski definition) is 0. The number of amides is 1. The largest absolute Gasteiger partial charge is 0.490 e. The van der Waals surface area contributed by atoms with E-state index in [1.807, 2.05) is 17.9 Å². The first-order chi connectivity index (χ1) is 11.0. The van der Waals surface area contributed by atoms with Gasteiger partial charge in [0, 0.05) is 50.7 Å². The predicted octanol–water partition coefficient (Wildman–Crippen LogP) is 2.50. The first-order valence-corrected chi connectivity index (χ1v) is 8.59. The molecule has 23 heavy (non-hydrogen) atoms. The number of aryl methyl sites for hydroxylation is 1. The topological polar surface area (TPSA) is 51.5 Å². The lowest BCUT2D eigenvalue weighted by molar-refractivity contribution is -0.137. The lowest BCUT2D eigenvalue weighted by atomic mass is 9.99. The molecular weight excluding hydrogens is 292 g/mol. The van der Waals surface area contributed by atoms with Crippen LogP contribution in [0.4, 0.5) is 0 Å². The summed E-state index contributed by atoms with van der Waals surface area (Å²) in [7, 11) is 1.75. The minimum absolute atomic E-state index is 0.0543. The third-order valence-electron chi connectivity index (χ3n) is 4.87. The van der Waals surface area contributed by atoms with E-state index < -0.39 is 0 Å². The molecule has 0 N–H and O–H groups in total. The summed E-state index contributed by atoms with van der Waals surface area (Å²) in [5, 5.41) is 0. The monoisotopic (exact) mass is 320 g/mol. The SMILES string of the molecule is CCC(CC)C(=O)N1CCC(Oc2cc(C)n(C)c(=O)c2)CC1. The maximum Gasteiger partial charge on any atom is 0.254 e. The van der Waals surface area contributed by atoms with Gasteiger partial charge < -0.3 is 14.2 Å². The fourth-order valence-electron chi connectivity index (χ4n) is 3.09. The van der Waals surface area contributed by atoms with Gasteiger partial charge >= 0.3 is 0 Å². The Labute approximate surface area is 138 Å². The highest BCUT2D eigenvalue weighted by atomic mass is 16.5. The molecule has 2 heterocycles. The van der Waals surface area contributed by atoms with Crippen LogP contribution in [0.5, 0.6) is 5.75 Å². The molecule has 1 aromatic heterocycles. The minimum Gasteiger partial charge on any atom is -0.490 e. The van der Waals surface area contributed by atoms with Crippen LogP contribution in [0.25, 0.3) is 0 Å². The van der Waals surface area contributed by atoms with Crippen molar-refractivity contribution in [1.29, 1.82) is 0 Å². The molecule has 1 saturated heterocycles. The van der Waals surface area contributed by atoms with E-state index in [0.29, 0.717) is 5.75 Å². The van der Waals surface area contributed by atoms with E-state index in [2.05, 4.69) is 13.8 Å². The van der Waals surface area contributed by atoms with Crippen molar-refractivity contribution in [3.8, 4) is 5.75 Å². The number of likely N-dealkylation sites (tertiary alicyclic amines) is 1. The molecule has 1 amide bonds. The average Bonchev–Trinajstić information content (AvgIpc) is 2.54. The number of rotatable bonds is 5. The van der Waals surface area contributed by atoms with Crippen molar-refractivity contribution in [2.75, 3.05) is 13.1 Å². The minimum atomic E-state index is -0.0543. The molecule has 1 aliphatic rings. The molecule has 0 bridgehead atoms. The van der Waals surface area contributed by atoms with Gasteiger partial charge in [-0.15, -0.1) is 0 Å². The van der Waals surface area contributed by atoms with Crippen molar-refractivity contribution in [3.63, 3.8) is 0 Å². The molecular formula is C18H28N2O3. The molecule has 2 rings (SSSR count). The molecule has 0 aliphatic carbocycles. The molecule has 5 nitrogen and oxygen atoms in total. The summed E-state index contributed by atoms with van der Waals surface area (Å²) in [5.41, 5.74) is 0.829. The fourth-order valence-corrected chi connectivity index (χ4v) is 3.09. The van der Waals surface area contributed by atoms with Crippen LogP contribution in [0.3, 0.4) is 0 Å². The summed E-state index contributed by atoms with van der Waals surface area (Å²) in [6.07, 6.45) is 3.52. The summed E-state index contributed by atoms with van der Waals surface area (Å²) in [4.78, 5) is 26.2. The van der Waals surface area contributed by atoms with E-state index in [-0.39, 0.29) is 23.5 Å². The second kappa shape index (κ2) is 7.66. The second-order valence-electron chi connectivity index (χ2n) is 6.39. The van der Waals surface area contributed by atoms with E-state index in [0.717, 1.165) is 44.5 Å². The van der Waals surface area contributed by atoms with Gasteiger partial charge in [-0.1, -0.05) is 13.8 Å². The Hall–Kier alpha value is -1.78. The third-order valence-corrected chi connectivity index (χ3v) is 4.87. The van der Waals surface area contributed by atoms with Gasteiger partial charge in [0.2, 0.25) is 5.91 Å². The predicted molar refractivity (Wildman–Crippen MR) is 90.7 cm³/mol. The van der Waals surface area contributed by atoms with Gasteiger partial charge in [0.15, 0.2) is 0 Å². The Morgan fingerprint density at radius 1 is 1.26 bits per heavy atom. The Morgan fingerprint density at radius 2 is 1.87 bits per heavy atom. The molecule has 1 fully saturated rings. The van der Waals surface area contributed by atoms with Crippen molar-refractivity contribution in [3.05, 3.63) is 28.2 Å². The zero-order chi connectivity index (χ0) is 17.0. The maximum atomic E-state index is 12.4. The van der Waals surface area contributed by atoms with Crippen LogP contribution in [0, 0.1) is 12.8 Å². The lowest BCUT2D eigenvalue weighted by Gasteiger charge is -2.34. The number of carbonyl (C=O) groups is 1. The van der Waals surface area contributed by atoms with Gasteiger partial charge in [0.25, 0.3) is 5.56 Å². The number of carbonyl (C=O) groups excluding carboxylic acids is 1. The Kier molecular flexibility index (Phi) is 5.85. The zero-order valence-electron chi connectivity index (χ0n) is 14.7. The van der Waals surface area contributed by atoms with Crippen LogP contribution in [-0.2, 0) is 11.8 Å². The quantitative estimate of drug-likeness (QED) is 0.837. The van der Waals surface area contributed by atoms with Crippen LogP contribution in [0.2, 0.25) is 0 Å². The highest BCUT2D eigenvalue weighted by Gasteiger charge is 2.27. The van der Waals surface area contributed by atoms with Crippen LogP contribution in [-0.4, -0.2) is 34.6 Å². The van der Waals surface area contributed by atoms with E-state index >= 15 is 0 Å². The number of piperidine rings is 1. The van der Waals surface area contributed by atoms with Gasteiger partial charge in [-0.05, 0) is 25.8 Å². The summed E-state index contributed by atoms with van der Waals surface area (Å²) >= 11 is 0. The van der Waals surface area contributed by atoms with Gasteiger partial charge in [0.05, 0.1) is 0 Å². The molecule has 128 valence electrons. The molecule has 0 aromatic carbocycles. The standard InChI is InChI=1S/C18H28N2O3/c1-5-14(6-2)18(22)20-9-7-15(8-10-20)23-16-11-13(3)19(4)17(21)12-16/h11-12,14-15H,5-10H2,1-4H3. The Bertz CT molecular complexity index is 597. The molecule has 1 aliphatic heterocycles. The lowest BCUT2D eigenvalue weighted by Crippen LogP contribution is -2.44. The maximum absolute atomic E-state index is 12.4. The van der Waals surface area contributed by atoms with E-state index in [1.54, 1.807) is 11.6 Å². The van der Waals surface area contributed by atoms with Crippen molar-refractivity contribution in [2.45, 2.75) is 52.6 Å². The summed E-state index contributed by atoms with van der Waals surface area (Å²) in [5.74, 6) is 1.06. The molecule has 0 unspecified atom stereocenters. The van der Waals surface area contributed by atoms with Gasteiger partial charge in [0.1, 0.15) is 11.9 Å². The summed E-state index contributed by atoms with van der Waals surface area (Å²) < 4.78 is 7.56. The molecule has 0 saturated carbocycles. The number of pyridine rings is 1. The summed E-state index contributed by atoms with van der Waals surface area (Å²) in [6, 6.07) is 3.43. The zero-order valence-corrected chi connectivity index (χ0v) is 14.7. The van der Waals surface area contributed by atoms with Crippen molar-refractivity contribution < 1.29 is 9.53 Å². The normalized spacial score (nSPS) is 16.0. The average molecular weight is 320 g/mol. The highest BCUT2D eigenvalue weighted by molar-refractivity contribution is 5.78. The van der Waals surface area contributed by atoms with Gasteiger partial charge in [-0.3, -0.25) is 9.59 Å². The van der Waals surface area contributed by atoms with Crippen molar-refractivity contribution in [2.24, 2.45) is 13.0 Å². The van der Waals surface area contributed by atoms with Crippen LogP contribution in [0.1, 0.15) is 45.2 Å². The van der Waals surface area contributed by atoms with E-state index in [9.17, 15) is 9.59 Å². The first-order valence-electron chi connectivity index (χ1n) is 8.59. The summed E-state index contributed by atoms with van der Waals surface area (Å²) in [6.45, 7) is 7.51. The van der Waals surface area contributed by atoms with Gasteiger partial charge in [-0.2, -0.15) is 0 Å². The second-order valence-corrected chi connectivity index (χ2v) is 6.39. The number of nitrogens with zero attached hydrogens (tertiary/aromatic N) is 2. The Balaban J connectivity index is 1.92. The molecule has 5 heteroatoms. The number of ether oxygens (including phenoxy) is 1. The van der Waals surface area contributed by atoms with Crippen LogP contribution in [0.15, 0.2) is 16.9 Å². The van der Waals surface area contributed by atoms with Crippen LogP contribution >= 0.6 is 0 Å². The van der Waals surface area contributed by atoms with E-state index in [1.165, 1.54) is 6.07 Å². The number of hydrogen-bond acceptors (Lipinski definition) is 3. The van der Waals surface area contributed by atoms with Crippen molar-refractivity contribution >= 4 is 5.91 Å².